The average Bonchev–Trinajstić information content (AvgIpc) is 2.60. The third-order valence-corrected chi connectivity index (χ3v) is 3.48. The van der Waals surface area contributed by atoms with E-state index in [4.69, 9.17) is 16.3 Å². The number of aliphatic hydroxyl groups is 1. The highest BCUT2D eigenvalue weighted by Gasteiger charge is 2.43. The number of likely N-dealkylation sites (tertiary alicyclic amines) is 1. The van der Waals surface area contributed by atoms with Gasteiger partial charge in [-0.2, -0.15) is 0 Å². The molecule has 2 atom stereocenters. The first-order valence-electron chi connectivity index (χ1n) is 5.31. The van der Waals surface area contributed by atoms with Gasteiger partial charge >= 0.3 is 0 Å². The zero-order valence-corrected chi connectivity index (χ0v) is 9.37. The van der Waals surface area contributed by atoms with E-state index in [-0.39, 0.29) is 23.5 Å². The minimum atomic E-state index is -0.306. The van der Waals surface area contributed by atoms with Gasteiger partial charge in [-0.1, -0.05) is 0 Å². The smallest absolute Gasteiger partial charge is 0.237 e. The first kappa shape index (κ1) is 11.2. The molecular weight excluding hydrogens is 218 g/mol. The van der Waals surface area contributed by atoms with Crippen molar-refractivity contribution in [2.75, 3.05) is 25.6 Å². The van der Waals surface area contributed by atoms with E-state index in [2.05, 4.69) is 0 Å². The van der Waals surface area contributed by atoms with Gasteiger partial charge in [0.2, 0.25) is 5.91 Å². The van der Waals surface area contributed by atoms with Crippen LogP contribution in [0.25, 0.3) is 0 Å². The van der Waals surface area contributed by atoms with Crippen LogP contribution < -0.4 is 0 Å². The second-order valence-corrected chi connectivity index (χ2v) is 4.64. The summed E-state index contributed by atoms with van der Waals surface area (Å²) >= 11 is 5.51. The second-order valence-electron chi connectivity index (χ2n) is 4.38. The van der Waals surface area contributed by atoms with Gasteiger partial charge < -0.3 is 14.7 Å². The molecule has 0 radical (unpaired) electrons. The molecule has 2 fully saturated rings. The van der Waals surface area contributed by atoms with Crippen molar-refractivity contribution in [2.45, 2.75) is 31.0 Å². The maximum Gasteiger partial charge on any atom is 0.237 e. The highest BCUT2D eigenvalue weighted by atomic mass is 35.5. The van der Waals surface area contributed by atoms with Crippen molar-refractivity contribution in [3.8, 4) is 0 Å². The molecule has 0 aromatic carbocycles. The van der Waals surface area contributed by atoms with Crippen molar-refractivity contribution in [2.24, 2.45) is 0 Å². The van der Waals surface area contributed by atoms with Crippen LogP contribution >= 0.6 is 11.6 Å². The first-order valence-corrected chi connectivity index (χ1v) is 5.84. The molecule has 0 unspecified atom stereocenters. The maximum atomic E-state index is 11.4. The summed E-state index contributed by atoms with van der Waals surface area (Å²) < 4.78 is 5.72. The van der Waals surface area contributed by atoms with Crippen molar-refractivity contribution >= 4 is 17.5 Å². The highest BCUT2D eigenvalue weighted by molar-refractivity contribution is 6.27. The van der Waals surface area contributed by atoms with E-state index in [0.717, 1.165) is 6.42 Å². The minimum absolute atomic E-state index is 0.0264. The van der Waals surface area contributed by atoms with Crippen LogP contribution in [0.5, 0.6) is 0 Å². The summed E-state index contributed by atoms with van der Waals surface area (Å²) in [6.07, 6.45) is 1.86. The molecule has 1 amide bonds. The lowest BCUT2D eigenvalue weighted by atomic mass is 9.91. The monoisotopic (exact) mass is 233 g/mol. The zero-order chi connectivity index (χ0) is 10.9. The number of ether oxygens (including phenoxy) is 1. The number of carbonyl (C=O) groups is 1. The van der Waals surface area contributed by atoms with Crippen LogP contribution in [-0.4, -0.2) is 53.2 Å². The Bertz CT molecular complexity index is 261. The molecule has 2 aliphatic heterocycles. The van der Waals surface area contributed by atoms with E-state index in [1.165, 1.54) is 0 Å². The molecule has 2 saturated heterocycles. The molecule has 86 valence electrons. The lowest BCUT2D eigenvalue weighted by molar-refractivity contribution is -0.133. The fourth-order valence-corrected chi connectivity index (χ4v) is 2.60. The predicted molar refractivity (Wildman–Crippen MR) is 55.8 cm³/mol. The quantitative estimate of drug-likeness (QED) is 0.666. The molecule has 1 spiro atoms. The van der Waals surface area contributed by atoms with Gasteiger partial charge in [-0.05, 0) is 12.8 Å². The SMILES string of the molecule is O=C(CCl)N1CC[C@@]2(C[C@H](O)CCO2)C1. The van der Waals surface area contributed by atoms with Gasteiger partial charge in [0.25, 0.3) is 0 Å². The molecule has 15 heavy (non-hydrogen) atoms. The van der Waals surface area contributed by atoms with Crippen molar-refractivity contribution in [1.82, 2.24) is 4.90 Å². The molecule has 1 N–H and O–H groups in total. The zero-order valence-electron chi connectivity index (χ0n) is 8.62. The minimum Gasteiger partial charge on any atom is -0.393 e. The summed E-state index contributed by atoms with van der Waals surface area (Å²) in [4.78, 5) is 13.1. The van der Waals surface area contributed by atoms with Crippen LogP contribution in [0.15, 0.2) is 0 Å². The van der Waals surface area contributed by atoms with Crippen LogP contribution in [0.2, 0.25) is 0 Å². The Morgan fingerprint density at radius 1 is 1.67 bits per heavy atom. The van der Waals surface area contributed by atoms with Crippen molar-refractivity contribution in [3.63, 3.8) is 0 Å². The molecule has 5 heteroatoms. The van der Waals surface area contributed by atoms with Gasteiger partial charge in [-0.15, -0.1) is 11.6 Å². The van der Waals surface area contributed by atoms with E-state index < -0.39 is 0 Å². The summed E-state index contributed by atoms with van der Waals surface area (Å²) in [5, 5.41) is 9.61. The first-order chi connectivity index (χ1) is 7.15. The Balaban J connectivity index is 1.98. The summed E-state index contributed by atoms with van der Waals surface area (Å²) in [6, 6.07) is 0. The summed E-state index contributed by atoms with van der Waals surface area (Å²) in [5.74, 6) is -0.0178. The van der Waals surface area contributed by atoms with Crippen LogP contribution in [0.3, 0.4) is 0 Å². The normalized spacial score (nSPS) is 36.1. The number of hydrogen-bond donors (Lipinski definition) is 1. The number of hydrogen-bond acceptors (Lipinski definition) is 3. The molecule has 0 aliphatic carbocycles. The summed E-state index contributed by atoms with van der Waals surface area (Å²) in [5.41, 5.74) is -0.306. The van der Waals surface area contributed by atoms with Crippen LogP contribution in [-0.2, 0) is 9.53 Å². The number of carbonyl (C=O) groups excluding carboxylic acids is 1. The third kappa shape index (κ3) is 2.27. The predicted octanol–water partition coefficient (Wildman–Crippen LogP) is 0.368. The fourth-order valence-electron chi connectivity index (χ4n) is 2.43. The number of nitrogens with zero attached hydrogens (tertiary/aromatic N) is 1. The Morgan fingerprint density at radius 3 is 3.13 bits per heavy atom. The van der Waals surface area contributed by atoms with Crippen molar-refractivity contribution in [3.05, 3.63) is 0 Å². The molecular formula is C10H16ClNO3. The molecule has 4 nitrogen and oxygen atoms in total. The molecule has 0 aromatic heterocycles. The summed E-state index contributed by atoms with van der Waals surface area (Å²) in [6.45, 7) is 1.86. The number of halogens is 1. The van der Waals surface area contributed by atoms with E-state index in [0.29, 0.717) is 32.5 Å². The van der Waals surface area contributed by atoms with Crippen molar-refractivity contribution < 1.29 is 14.6 Å². The van der Waals surface area contributed by atoms with Crippen molar-refractivity contribution in [1.29, 1.82) is 0 Å². The van der Waals surface area contributed by atoms with Crippen LogP contribution in [0, 0.1) is 0 Å². The van der Waals surface area contributed by atoms with Gasteiger partial charge in [0.15, 0.2) is 0 Å². The largest absolute Gasteiger partial charge is 0.393 e. The standard InChI is InChI=1S/C10H16ClNO3/c11-6-9(14)12-3-2-10(7-12)5-8(13)1-4-15-10/h8,13H,1-7H2/t8-,10-/m1/s1. The van der Waals surface area contributed by atoms with Gasteiger partial charge in [-0.25, -0.2) is 0 Å². The number of amides is 1. The Morgan fingerprint density at radius 2 is 2.47 bits per heavy atom. The number of rotatable bonds is 1. The molecule has 2 rings (SSSR count). The van der Waals surface area contributed by atoms with Crippen LogP contribution in [0.1, 0.15) is 19.3 Å². The molecule has 0 saturated carbocycles. The molecule has 0 aromatic rings. The maximum absolute atomic E-state index is 11.4. The van der Waals surface area contributed by atoms with Crippen LogP contribution in [0.4, 0.5) is 0 Å². The average molecular weight is 234 g/mol. The Kier molecular flexibility index (Phi) is 3.19. The van der Waals surface area contributed by atoms with E-state index >= 15 is 0 Å². The number of aliphatic hydroxyl groups excluding tert-OH is 1. The van der Waals surface area contributed by atoms with Gasteiger partial charge in [0, 0.05) is 26.1 Å². The van der Waals surface area contributed by atoms with Gasteiger partial charge in [-0.3, -0.25) is 4.79 Å². The van der Waals surface area contributed by atoms with E-state index in [1.54, 1.807) is 4.90 Å². The molecule has 0 bridgehead atoms. The van der Waals surface area contributed by atoms with Gasteiger partial charge in [0.1, 0.15) is 5.88 Å². The number of alkyl halides is 1. The third-order valence-electron chi connectivity index (χ3n) is 3.25. The second kappa shape index (κ2) is 4.28. The molecule has 2 aliphatic rings. The topological polar surface area (TPSA) is 49.8 Å². The lowest BCUT2D eigenvalue weighted by Crippen LogP contribution is -2.45. The highest BCUT2D eigenvalue weighted by Crippen LogP contribution is 2.34. The van der Waals surface area contributed by atoms with Gasteiger partial charge in [0.05, 0.1) is 11.7 Å². The summed E-state index contributed by atoms with van der Waals surface area (Å²) in [7, 11) is 0. The fraction of sp³-hybridized carbons (Fsp3) is 0.900. The Hall–Kier alpha value is -0.320. The molecule has 2 heterocycles. The van der Waals surface area contributed by atoms with E-state index in [9.17, 15) is 9.90 Å². The van der Waals surface area contributed by atoms with E-state index in [1.807, 2.05) is 0 Å². The lowest BCUT2D eigenvalue weighted by Gasteiger charge is -2.36. The Labute approximate surface area is 94.1 Å².